The highest BCUT2D eigenvalue weighted by Crippen LogP contribution is 2.35. The van der Waals surface area contributed by atoms with Crippen LogP contribution in [0.4, 0.5) is 0 Å². The molecule has 1 aliphatic heterocycles. The van der Waals surface area contributed by atoms with Crippen LogP contribution in [-0.4, -0.2) is 36.1 Å². The van der Waals surface area contributed by atoms with Gasteiger partial charge < -0.3 is 5.32 Å². The van der Waals surface area contributed by atoms with Gasteiger partial charge in [0, 0.05) is 31.2 Å². The van der Waals surface area contributed by atoms with Crippen molar-refractivity contribution in [2.75, 3.05) is 19.6 Å². The van der Waals surface area contributed by atoms with E-state index in [0.29, 0.717) is 11.0 Å². The molecule has 0 aromatic rings. The zero-order valence-electron chi connectivity index (χ0n) is 12.9. The molecule has 2 nitrogen and oxygen atoms in total. The van der Waals surface area contributed by atoms with E-state index in [1.165, 1.54) is 58.2 Å². The fourth-order valence-electron chi connectivity index (χ4n) is 3.67. The Hall–Kier alpha value is -0.0800. The van der Waals surface area contributed by atoms with Gasteiger partial charge in [0.1, 0.15) is 0 Å². The van der Waals surface area contributed by atoms with Crippen molar-refractivity contribution in [1.29, 1.82) is 0 Å². The number of nitrogens with one attached hydrogen (secondary N) is 1. The van der Waals surface area contributed by atoms with Crippen LogP contribution in [0.3, 0.4) is 0 Å². The fourth-order valence-corrected chi connectivity index (χ4v) is 3.67. The van der Waals surface area contributed by atoms with Crippen molar-refractivity contribution < 1.29 is 0 Å². The van der Waals surface area contributed by atoms with Crippen molar-refractivity contribution in [3.63, 3.8) is 0 Å². The number of piperazine rings is 1. The first-order valence-corrected chi connectivity index (χ1v) is 7.99. The highest BCUT2D eigenvalue weighted by Gasteiger charge is 2.41. The van der Waals surface area contributed by atoms with E-state index < -0.39 is 0 Å². The normalized spacial score (nSPS) is 29.0. The topological polar surface area (TPSA) is 15.3 Å². The van der Waals surface area contributed by atoms with Gasteiger partial charge in [-0.05, 0) is 31.1 Å². The zero-order chi connectivity index (χ0) is 13.2. The molecule has 0 aromatic heterocycles. The molecule has 0 amide bonds. The average Bonchev–Trinajstić information content (AvgIpc) is 2.77. The molecule has 0 radical (unpaired) electrons. The van der Waals surface area contributed by atoms with Gasteiger partial charge in [-0.3, -0.25) is 4.90 Å². The third-order valence-corrected chi connectivity index (χ3v) is 5.35. The second-order valence-electron chi connectivity index (χ2n) is 7.35. The van der Waals surface area contributed by atoms with Gasteiger partial charge in [0.15, 0.2) is 0 Å². The molecule has 106 valence electrons. The lowest BCUT2D eigenvalue weighted by Crippen LogP contribution is -2.64. The van der Waals surface area contributed by atoms with Gasteiger partial charge in [-0.25, -0.2) is 0 Å². The summed E-state index contributed by atoms with van der Waals surface area (Å²) in [6.45, 7) is 13.3. The minimum absolute atomic E-state index is 0.463. The number of rotatable bonds is 4. The molecule has 1 saturated heterocycles. The van der Waals surface area contributed by atoms with Gasteiger partial charge in [-0.1, -0.05) is 40.5 Å². The molecule has 1 aliphatic carbocycles. The third-order valence-electron chi connectivity index (χ3n) is 5.35. The van der Waals surface area contributed by atoms with Gasteiger partial charge >= 0.3 is 0 Å². The largest absolute Gasteiger partial charge is 0.308 e. The predicted molar refractivity (Wildman–Crippen MR) is 78.9 cm³/mol. The van der Waals surface area contributed by atoms with Crippen LogP contribution in [0.2, 0.25) is 0 Å². The van der Waals surface area contributed by atoms with Gasteiger partial charge in [0.25, 0.3) is 0 Å². The Bertz CT molecular complexity index is 266. The molecule has 0 bridgehead atoms. The first-order valence-electron chi connectivity index (χ1n) is 7.99. The molecular formula is C16H32N2. The van der Waals surface area contributed by atoms with Gasteiger partial charge in [0.2, 0.25) is 0 Å². The van der Waals surface area contributed by atoms with E-state index in [0.717, 1.165) is 6.04 Å². The van der Waals surface area contributed by atoms with Crippen LogP contribution in [0.25, 0.3) is 0 Å². The van der Waals surface area contributed by atoms with Crippen molar-refractivity contribution in [3.8, 4) is 0 Å². The summed E-state index contributed by atoms with van der Waals surface area (Å²) in [4.78, 5) is 2.80. The van der Waals surface area contributed by atoms with E-state index in [2.05, 4.69) is 37.9 Å². The second-order valence-corrected chi connectivity index (χ2v) is 7.35. The molecule has 1 unspecified atom stereocenters. The maximum atomic E-state index is 3.89. The highest BCUT2D eigenvalue weighted by molar-refractivity contribution is 5.01. The van der Waals surface area contributed by atoms with Gasteiger partial charge in [-0.15, -0.1) is 0 Å². The number of hydrogen-bond acceptors (Lipinski definition) is 2. The average molecular weight is 252 g/mol. The number of hydrogen-bond donors (Lipinski definition) is 1. The maximum Gasteiger partial charge on any atom is 0.0309 e. The molecule has 1 N–H and O–H groups in total. The van der Waals surface area contributed by atoms with Crippen LogP contribution in [0, 0.1) is 5.41 Å². The van der Waals surface area contributed by atoms with Crippen LogP contribution in [0.1, 0.15) is 66.2 Å². The molecule has 18 heavy (non-hydrogen) atoms. The molecule has 1 heterocycles. The Morgan fingerprint density at radius 3 is 2.44 bits per heavy atom. The SMILES string of the molecule is CCC1CNC2(CCCC2)CN1CC(C)(C)CC. The first-order chi connectivity index (χ1) is 8.50. The molecule has 2 aliphatic rings. The van der Waals surface area contributed by atoms with Crippen LogP contribution in [0.15, 0.2) is 0 Å². The summed E-state index contributed by atoms with van der Waals surface area (Å²) in [7, 11) is 0. The lowest BCUT2D eigenvalue weighted by atomic mass is 9.85. The molecule has 1 atom stereocenters. The summed E-state index contributed by atoms with van der Waals surface area (Å²) in [6.07, 6.45) is 8.20. The molecule has 2 heteroatoms. The Morgan fingerprint density at radius 1 is 1.22 bits per heavy atom. The van der Waals surface area contributed by atoms with E-state index in [1.807, 2.05) is 0 Å². The molecular weight excluding hydrogens is 220 g/mol. The summed E-state index contributed by atoms with van der Waals surface area (Å²) in [6, 6.07) is 0.752. The molecule has 2 fully saturated rings. The lowest BCUT2D eigenvalue weighted by molar-refractivity contribution is 0.0452. The first kappa shape index (κ1) is 14.3. The van der Waals surface area contributed by atoms with E-state index >= 15 is 0 Å². The molecule has 2 rings (SSSR count). The smallest absolute Gasteiger partial charge is 0.0309 e. The van der Waals surface area contributed by atoms with Gasteiger partial charge in [-0.2, -0.15) is 0 Å². The summed E-state index contributed by atoms with van der Waals surface area (Å²) in [5.41, 5.74) is 0.931. The molecule has 1 saturated carbocycles. The molecule has 0 aromatic carbocycles. The summed E-state index contributed by atoms with van der Waals surface area (Å²) in [5.74, 6) is 0. The van der Waals surface area contributed by atoms with Crippen LogP contribution in [-0.2, 0) is 0 Å². The van der Waals surface area contributed by atoms with Crippen molar-refractivity contribution in [1.82, 2.24) is 10.2 Å². The second kappa shape index (κ2) is 5.50. The highest BCUT2D eigenvalue weighted by atomic mass is 15.3. The zero-order valence-corrected chi connectivity index (χ0v) is 12.9. The number of nitrogens with zero attached hydrogens (tertiary/aromatic N) is 1. The van der Waals surface area contributed by atoms with Crippen molar-refractivity contribution in [3.05, 3.63) is 0 Å². The lowest BCUT2D eigenvalue weighted by Gasteiger charge is -2.48. The van der Waals surface area contributed by atoms with E-state index in [4.69, 9.17) is 0 Å². The van der Waals surface area contributed by atoms with E-state index in [1.54, 1.807) is 0 Å². The summed E-state index contributed by atoms with van der Waals surface area (Å²) >= 11 is 0. The Balaban J connectivity index is 2.03. The maximum absolute atomic E-state index is 3.89. The van der Waals surface area contributed by atoms with E-state index in [9.17, 15) is 0 Å². The third kappa shape index (κ3) is 3.08. The van der Waals surface area contributed by atoms with Crippen LogP contribution < -0.4 is 5.32 Å². The fraction of sp³-hybridized carbons (Fsp3) is 1.00. The molecule has 1 spiro atoms. The Morgan fingerprint density at radius 2 is 1.89 bits per heavy atom. The summed E-state index contributed by atoms with van der Waals surface area (Å²) in [5, 5.41) is 3.89. The van der Waals surface area contributed by atoms with Crippen LogP contribution in [0.5, 0.6) is 0 Å². The minimum Gasteiger partial charge on any atom is -0.308 e. The predicted octanol–water partition coefficient (Wildman–Crippen LogP) is 3.42. The van der Waals surface area contributed by atoms with Crippen molar-refractivity contribution in [2.45, 2.75) is 77.8 Å². The van der Waals surface area contributed by atoms with E-state index in [-0.39, 0.29) is 0 Å². The van der Waals surface area contributed by atoms with Gasteiger partial charge in [0.05, 0.1) is 0 Å². The van der Waals surface area contributed by atoms with Crippen LogP contribution >= 0.6 is 0 Å². The van der Waals surface area contributed by atoms with Crippen molar-refractivity contribution in [2.24, 2.45) is 5.41 Å². The monoisotopic (exact) mass is 252 g/mol. The quantitative estimate of drug-likeness (QED) is 0.825. The summed E-state index contributed by atoms with van der Waals surface area (Å²) < 4.78 is 0. The minimum atomic E-state index is 0.463. The standard InChI is InChI=1S/C16H32N2/c1-5-14-11-17-16(9-7-8-10-16)13-18(14)12-15(3,4)6-2/h14,17H,5-13H2,1-4H3. The Labute approximate surface area is 114 Å². The Kier molecular flexibility index (Phi) is 4.38. The van der Waals surface area contributed by atoms with Crippen molar-refractivity contribution >= 4 is 0 Å².